The van der Waals surface area contributed by atoms with Crippen molar-refractivity contribution < 1.29 is 19.1 Å². The second-order valence-electron chi connectivity index (χ2n) is 5.57. The monoisotopic (exact) mass is 338 g/mol. The molecule has 0 saturated carbocycles. The van der Waals surface area contributed by atoms with Crippen LogP contribution in [0.3, 0.4) is 0 Å². The number of ether oxygens (including phenoxy) is 2. The van der Waals surface area contributed by atoms with Crippen molar-refractivity contribution in [3.8, 4) is 5.75 Å². The third kappa shape index (κ3) is 5.05. The quantitative estimate of drug-likeness (QED) is 0.433. The number of carbonyl (C=O) groups excluding carboxylic acids is 2. The standard InChI is InChI=1S/C21H22O4/c1-4-16-9-11-18(12-10-16)21(23)15(2)25-20(22)14-13-17-7-5-6-8-19(17)24-3/h5-15H,4H2,1-3H3/b14-13+. The molecule has 2 aromatic rings. The SMILES string of the molecule is CCc1ccc(C(=O)C(C)OC(=O)/C=C/c2ccccc2OC)cc1. The van der Waals surface area contributed by atoms with Crippen molar-refractivity contribution in [3.63, 3.8) is 0 Å². The minimum absolute atomic E-state index is 0.221. The van der Waals surface area contributed by atoms with E-state index in [1.807, 2.05) is 30.3 Å². The average molecular weight is 338 g/mol. The molecule has 0 bridgehead atoms. The van der Waals surface area contributed by atoms with Crippen LogP contribution in [-0.2, 0) is 16.0 Å². The van der Waals surface area contributed by atoms with Gasteiger partial charge >= 0.3 is 5.97 Å². The number of carbonyl (C=O) groups is 2. The van der Waals surface area contributed by atoms with Gasteiger partial charge in [0.15, 0.2) is 6.10 Å². The highest BCUT2D eigenvalue weighted by Gasteiger charge is 2.18. The van der Waals surface area contributed by atoms with Crippen LogP contribution in [0, 0.1) is 0 Å². The first kappa shape index (κ1) is 18.5. The van der Waals surface area contributed by atoms with Gasteiger partial charge in [-0.1, -0.05) is 49.4 Å². The number of Topliss-reactive ketones (excluding diaryl/α,β-unsaturated/α-hetero) is 1. The van der Waals surface area contributed by atoms with Crippen molar-refractivity contribution in [2.24, 2.45) is 0 Å². The van der Waals surface area contributed by atoms with Gasteiger partial charge in [0.25, 0.3) is 0 Å². The molecule has 0 aromatic heterocycles. The molecule has 1 atom stereocenters. The van der Waals surface area contributed by atoms with Crippen molar-refractivity contribution in [1.29, 1.82) is 0 Å². The lowest BCUT2D eigenvalue weighted by atomic mass is 10.0. The normalized spacial score (nSPS) is 12.0. The molecule has 0 heterocycles. The number of ketones is 1. The third-order valence-corrected chi connectivity index (χ3v) is 3.85. The van der Waals surface area contributed by atoms with Crippen molar-refractivity contribution in [1.82, 2.24) is 0 Å². The molecular formula is C21H22O4. The number of benzene rings is 2. The van der Waals surface area contributed by atoms with Crippen LogP contribution in [0.15, 0.2) is 54.6 Å². The Hall–Kier alpha value is -2.88. The molecule has 25 heavy (non-hydrogen) atoms. The first-order chi connectivity index (χ1) is 12.0. The summed E-state index contributed by atoms with van der Waals surface area (Å²) in [4.78, 5) is 24.3. The summed E-state index contributed by atoms with van der Waals surface area (Å²) in [5.41, 5.74) is 2.45. The topological polar surface area (TPSA) is 52.6 Å². The predicted molar refractivity (Wildman–Crippen MR) is 97.7 cm³/mol. The van der Waals surface area contributed by atoms with E-state index in [0.29, 0.717) is 11.3 Å². The Balaban J connectivity index is 1.99. The summed E-state index contributed by atoms with van der Waals surface area (Å²) in [6, 6.07) is 14.7. The van der Waals surface area contributed by atoms with Crippen molar-refractivity contribution >= 4 is 17.8 Å². The van der Waals surface area contributed by atoms with Crippen LogP contribution in [0.4, 0.5) is 0 Å². The van der Waals surface area contributed by atoms with E-state index >= 15 is 0 Å². The van der Waals surface area contributed by atoms with Gasteiger partial charge in [-0.3, -0.25) is 4.79 Å². The smallest absolute Gasteiger partial charge is 0.331 e. The molecule has 0 radical (unpaired) electrons. The summed E-state index contributed by atoms with van der Waals surface area (Å²) in [5.74, 6) is -0.134. The third-order valence-electron chi connectivity index (χ3n) is 3.85. The molecule has 4 heteroatoms. The minimum Gasteiger partial charge on any atom is -0.496 e. The lowest BCUT2D eigenvalue weighted by Gasteiger charge is -2.11. The lowest BCUT2D eigenvalue weighted by molar-refractivity contribution is -0.140. The van der Waals surface area contributed by atoms with Crippen LogP contribution >= 0.6 is 0 Å². The van der Waals surface area contributed by atoms with E-state index in [4.69, 9.17) is 9.47 Å². The summed E-state index contributed by atoms with van der Waals surface area (Å²) in [6.45, 7) is 3.63. The van der Waals surface area contributed by atoms with E-state index in [9.17, 15) is 9.59 Å². The number of esters is 1. The van der Waals surface area contributed by atoms with Gasteiger partial charge in [-0.2, -0.15) is 0 Å². The van der Waals surface area contributed by atoms with E-state index < -0.39 is 12.1 Å². The zero-order valence-electron chi connectivity index (χ0n) is 14.7. The molecule has 0 N–H and O–H groups in total. The van der Waals surface area contributed by atoms with Crippen LogP contribution in [0.1, 0.15) is 35.3 Å². The van der Waals surface area contributed by atoms with E-state index in [-0.39, 0.29) is 5.78 Å². The zero-order chi connectivity index (χ0) is 18.2. The van der Waals surface area contributed by atoms with Gasteiger partial charge in [-0.05, 0) is 31.1 Å². The summed E-state index contributed by atoms with van der Waals surface area (Å²) in [5, 5.41) is 0. The van der Waals surface area contributed by atoms with Crippen LogP contribution in [0.25, 0.3) is 6.08 Å². The average Bonchev–Trinajstić information content (AvgIpc) is 2.66. The van der Waals surface area contributed by atoms with E-state index in [0.717, 1.165) is 17.5 Å². The Morgan fingerprint density at radius 2 is 1.76 bits per heavy atom. The maximum atomic E-state index is 12.3. The number of aryl methyl sites for hydroxylation is 1. The van der Waals surface area contributed by atoms with Crippen molar-refractivity contribution in [3.05, 3.63) is 71.3 Å². The molecule has 0 aliphatic rings. The highest BCUT2D eigenvalue weighted by molar-refractivity contribution is 6.01. The minimum atomic E-state index is -0.845. The first-order valence-corrected chi connectivity index (χ1v) is 8.20. The number of hydrogen-bond donors (Lipinski definition) is 0. The van der Waals surface area contributed by atoms with Gasteiger partial charge in [0.05, 0.1) is 7.11 Å². The Bertz CT molecular complexity index is 760. The fraction of sp³-hybridized carbons (Fsp3) is 0.238. The van der Waals surface area contributed by atoms with Crippen LogP contribution in [-0.4, -0.2) is 25.0 Å². The zero-order valence-corrected chi connectivity index (χ0v) is 14.7. The summed E-state index contributed by atoms with van der Waals surface area (Å²) >= 11 is 0. The Morgan fingerprint density at radius 1 is 1.08 bits per heavy atom. The van der Waals surface area contributed by atoms with E-state index in [2.05, 4.69) is 6.92 Å². The van der Waals surface area contributed by atoms with Crippen LogP contribution in [0.2, 0.25) is 0 Å². The molecule has 0 amide bonds. The first-order valence-electron chi connectivity index (χ1n) is 8.20. The Labute approximate surface area is 148 Å². The van der Waals surface area contributed by atoms with Crippen molar-refractivity contribution in [2.45, 2.75) is 26.4 Å². The predicted octanol–water partition coefficient (Wildman–Crippen LogP) is 4.09. The van der Waals surface area contributed by atoms with E-state index in [1.54, 1.807) is 38.3 Å². The maximum absolute atomic E-state index is 12.3. The summed E-state index contributed by atoms with van der Waals surface area (Å²) in [6.07, 6.45) is 2.96. The molecule has 4 nitrogen and oxygen atoms in total. The fourth-order valence-corrected chi connectivity index (χ4v) is 2.37. The molecule has 130 valence electrons. The van der Waals surface area contributed by atoms with Gasteiger partial charge in [0, 0.05) is 17.2 Å². The van der Waals surface area contributed by atoms with E-state index in [1.165, 1.54) is 6.08 Å². The van der Waals surface area contributed by atoms with Crippen LogP contribution < -0.4 is 4.74 Å². The molecule has 0 fully saturated rings. The Kier molecular flexibility index (Phi) is 6.52. The Morgan fingerprint density at radius 3 is 2.40 bits per heavy atom. The molecule has 1 unspecified atom stereocenters. The fourth-order valence-electron chi connectivity index (χ4n) is 2.37. The van der Waals surface area contributed by atoms with Gasteiger partial charge in [-0.15, -0.1) is 0 Å². The molecule has 0 saturated heterocycles. The number of rotatable bonds is 7. The molecule has 0 aliphatic carbocycles. The van der Waals surface area contributed by atoms with Gasteiger partial charge in [0.1, 0.15) is 5.75 Å². The molecule has 0 aliphatic heterocycles. The number of para-hydroxylation sites is 1. The second-order valence-corrected chi connectivity index (χ2v) is 5.57. The van der Waals surface area contributed by atoms with Gasteiger partial charge < -0.3 is 9.47 Å². The van der Waals surface area contributed by atoms with Gasteiger partial charge in [0.2, 0.25) is 5.78 Å². The molecular weight excluding hydrogens is 316 g/mol. The van der Waals surface area contributed by atoms with Crippen molar-refractivity contribution in [2.75, 3.05) is 7.11 Å². The van der Waals surface area contributed by atoms with Gasteiger partial charge in [-0.25, -0.2) is 4.79 Å². The highest BCUT2D eigenvalue weighted by atomic mass is 16.5. The molecule has 0 spiro atoms. The molecule has 2 aromatic carbocycles. The summed E-state index contributed by atoms with van der Waals surface area (Å²) in [7, 11) is 1.57. The van der Waals surface area contributed by atoms with Crippen LogP contribution in [0.5, 0.6) is 5.75 Å². The summed E-state index contributed by atoms with van der Waals surface area (Å²) < 4.78 is 10.4. The highest BCUT2D eigenvalue weighted by Crippen LogP contribution is 2.18. The molecule has 2 rings (SSSR count). The second kappa shape index (κ2) is 8.83. The number of hydrogen-bond acceptors (Lipinski definition) is 4. The number of methoxy groups -OCH3 is 1. The largest absolute Gasteiger partial charge is 0.496 e. The lowest BCUT2D eigenvalue weighted by Crippen LogP contribution is -2.23. The maximum Gasteiger partial charge on any atom is 0.331 e.